The van der Waals surface area contributed by atoms with Gasteiger partial charge in [-0.1, -0.05) is 17.8 Å². The van der Waals surface area contributed by atoms with Crippen LogP contribution >= 0.6 is 11.8 Å². The van der Waals surface area contributed by atoms with Gasteiger partial charge in [-0.3, -0.25) is 10.1 Å². The van der Waals surface area contributed by atoms with Gasteiger partial charge < -0.3 is 5.32 Å². The van der Waals surface area contributed by atoms with Crippen molar-refractivity contribution in [3.63, 3.8) is 0 Å². The molecular formula is C13H16N4OS. The summed E-state index contributed by atoms with van der Waals surface area (Å²) in [4.78, 5) is 16.2. The number of amidine groups is 1. The Morgan fingerprint density at radius 3 is 2.84 bits per heavy atom. The number of thioether (sulfide) groups is 1. The highest BCUT2D eigenvalue weighted by molar-refractivity contribution is 8.13. The molecule has 0 bridgehead atoms. The molecule has 1 aromatic rings. The predicted molar refractivity (Wildman–Crippen MR) is 78.5 cm³/mol. The van der Waals surface area contributed by atoms with Crippen molar-refractivity contribution in [1.82, 2.24) is 10.6 Å². The van der Waals surface area contributed by atoms with Gasteiger partial charge in [0.15, 0.2) is 11.4 Å². The van der Waals surface area contributed by atoms with Crippen molar-refractivity contribution in [3.05, 3.63) is 29.3 Å². The second-order valence-electron chi connectivity index (χ2n) is 3.67. The van der Waals surface area contributed by atoms with Crippen molar-refractivity contribution < 1.29 is 4.79 Å². The van der Waals surface area contributed by atoms with Crippen LogP contribution in [0.1, 0.15) is 22.8 Å². The molecule has 0 spiro atoms. The zero-order chi connectivity index (χ0) is 14.3. The molecule has 1 amide bonds. The van der Waals surface area contributed by atoms with Crippen LogP contribution in [0.4, 0.5) is 5.69 Å². The van der Waals surface area contributed by atoms with Gasteiger partial charge in [-0.05, 0) is 37.8 Å². The Bertz CT molecular complexity index is 534. The standard InChI is InChI=1S/C13H16N4OS/c1-4-15-12(18)10-6-5-7-11(9(10)2)17-13(19-3)16-8-14/h5-7H,4H2,1-3H3,(H,15,18)(H,16,17). The Hall–Kier alpha value is -2.00. The van der Waals surface area contributed by atoms with Crippen LogP contribution in [0.15, 0.2) is 23.2 Å². The van der Waals surface area contributed by atoms with Crippen LogP contribution in [-0.2, 0) is 0 Å². The number of rotatable bonds is 3. The fourth-order valence-electron chi connectivity index (χ4n) is 1.53. The van der Waals surface area contributed by atoms with Crippen LogP contribution in [0.2, 0.25) is 0 Å². The van der Waals surface area contributed by atoms with Crippen LogP contribution in [0.3, 0.4) is 0 Å². The van der Waals surface area contributed by atoms with Gasteiger partial charge >= 0.3 is 0 Å². The molecule has 0 aliphatic carbocycles. The number of aliphatic imine (C=N–C) groups is 1. The summed E-state index contributed by atoms with van der Waals surface area (Å²) in [5.41, 5.74) is 2.07. The van der Waals surface area contributed by atoms with Gasteiger partial charge in [0.25, 0.3) is 5.91 Å². The van der Waals surface area contributed by atoms with E-state index in [-0.39, 0.29) is 5.91 Å². The Kier molecular flexibility index (Phi) is 5.90. The number of nitrogens with zero attached hydrogens (tertiary/aromatic N) is 2. The van der Waals surface area contributed by atoms with E-state index in [1.165, 1.54) is 11.8 Å². The monoisotopic (exact) mass is 276 g/mol. The van der Waals surface area contributed by atoms with Gasteiger partial charge in [-0.15, -0.1) is 0 Å². The van der Waals surface area contributed by atoms with Gasteiger partial charge in [0.2, 0.25) is 0 Å². The van der Waals surface area contributed by atoms with E-state index < -0.39 is 0 Å². The number of carbonyl (C=O) groups is 1. The third kappa shape index (κ3) is 4.00. The minimum atomic E-state index is -0.115. The van der Waals surface area contributed by atoms with Crippen LogP contribution in [0, 0.1) is 18.4 Å². The minimum absolute atomic E-state index is 0.115. The maximum atomic E-state index is 11.9. The highest BCUT2D eigenvalue weighted by Gasteiger charge is 2.10. The largest absolute Gasteiger partial charge is 0.352 e. The molecule has 1 rings (SSSR count). The van der Waals surface area contributed by atoms with E-state index in [0.717, 1.165) is 5.56 Å². The van der Waals surface area contributed by atoms with Crippen molar-refractivity contribution in [1.29, 1.82) is 5.26 Å². The van der Waals surface area contributed by atoms with E-state index >= 15 is 0 Å². The average Bonchev–Trinajstić information content (AvgIpc) is 2.40. The second kappa shape index (κ2) is 7.44. The van der Waals surface area contributed by atoms with Crippen LogP contribution < -0.4 is 10.6 Å². The van der Waals surface area contributed by atoms with Gasteiger partial charge in [0.05, 0.1) is 5.69 Å². The van der Waals surface area contributed by atoms with Gasteiger partial charge in [0.1, 0.15) is 0 Å². The normalized spacial score (nSPS) is 10.7. The maximum Gasteiger partial charge on any atom is 0.251 e. The molecule has 1 aromatic carbocycles. The molecule has 6 heteroatoms. The molecule has 0 aromatic heterocycles. The molecule has 100 valence electrons. The minimum Gasteiger partial charge on any atom is -0.352 e. The first-order chi connectivity index (χ1) is 9.13. The summed E-state index contributed by atoms with van der Waals surface area (Å²) >= 11 is 1.34. The second-order valence-corrected chi connectivity index (χ2v) is 4.46. The molecule has 0 aliphatic heterocycles. The number of hydrogen-bond donors (Lipinski definition) is 2. The smallest absolute Gasteiger partial charge is 0.251 e. The average molecular weight is 276 g/mol. The first-order valence-electron chi connectivity index (χ1n) is 5.79. The lowest BCUT2D eigenvalue weighted by atomic mass is 10.1. The van der Waals surface area contributed by atoms with E-state index in [0.29, 0.717) is 23.0 Å². The molecule has 5 nitrogen and oxygen atoms in total. The number of nitrogens with one attached hydrogen (secondary N) is 2. The first-order valence-corrected chi connectivity index (χ1v) is 7.02. The summed E-state index contributed by atoms with van der Waals surface area (Å²) in [6, 6.07) is 5.35. The highest BCUT2D eigenvalue weighted by atomic mass is 32.2. The molecule has 0 fully saturated rings. The maximum absolute atomic E-state index is 11.9. The Balaban J connectivity index is 3.14. The van der Waals surface area contributed by atoms with E-state index in [1.54, 1.807) is 12.1 Å². The zero-order valence-electron chi connectivity index (χ0n) is 11.2. The molecular weight excluding hydrogens is 260 g/mol. The summed E-state index contributed by atoms with van der Waals surface area (Å²) in [7, 11) is 0. The fourth-order valence-corrected chi connectivity index (χ4v) is 1.87. The van der Waals surface area contributed by atoms with Crippen molar-refractivity contribution >= 4 is 28.5 Å². The lowest BCUT2D eigenvalue weighted by molar-refractivity contribution is 0.0955. The lowest BCUT2D eigenvalue weighted by Gasteiger charge is -2.09. The molecule has 0 atom stereocenters. The molecule has 0 heterocycles. The SMILES string of the molecule is CCNC(=O)c1cccc(N=C(NC#N)SC)c1C. The number of amides is 1. The summed E-state index contributed by atoms with van der Waals surface area (Å²) in [6.07, 6.45) is 3.66. The first kappa shape index (κ1) is 15.1. The van der Waals surface area contributed by atoms with E-state index in [4.69, 9.17) is 5.26 Å². The van der Waals surface area contributed by atoms with Gasteiger partial charge in [-0.25, -0.2) is 4.99 Å². The van der Waals surface area contributed by atoms with E-state index in [9.17, 15) is 4.79 Å². The van der Waals surface area contributed by atoms with Gasteiger partial charge in [0, 0.05) is 12.1 Å². The molecule has 2 N–H and O–H groups in total. The predicted octanol–water partition coefficient (Wildman–Crippen LogP) is 2.17. The Morgan fingerprint density at radius 1 is 1.53 bits per heavy atom. The van der Waals surface area contributed by atoms with Crippen molar-refractivity contribution in [2.24, 2.45) is 4.99 Å². The van der Waals surface area contributed by atoms with E-state index in [1.807, 2.05) is 32.4 Å². The summed E-state index contributed by atoms with van der Waals surface area (Å²) < 4.78 is 0. The summed E-state index contributed by atoms with van der Waals surface area (Å²) in [5, 5.41) is 14.4. The molecule has 0 radical (unpaired) electrons. The number of carbonyl (C=O) groups excluding carboxylic acids is 1. The molecule has 0 saturated heterocycles. The van der Waals surface area contributed by atoms with Crippen LogP contribution in [-0.4, -0.2) is 23.9 Å². The fraction of sp³-hybridized carbons (Fsp3) is 0.308. The topological polar surface area (TPSA) is 77.3 Å². The summed E-state index contributed by atoms with van der Waals surface area (Å²) in [6.45, 7) is 4.30. The Labute approximate surface area is 117 Å². The molecule has 19 heavy (non-hydrogen) atoms. The van der Waals surface area contributed by atoms with E-state index in [2.05, 4.69) is 15.6 Å². The summed E-state index contributed by atoms with van der Waals surface area (Å²) in [5.74, 6) is -0.115. The van der Waals surface area contributed by atoms with Crippen LogP contribution in [0.5, 0.6) is 0 Å². The molecule has 0 unspecified atom stereocenters. The lowest BCUT2D eigenvalue weighted by Crippen LogP contribution is -2.23. The number of nitriles is 1. The van der Waals surface area contributed by atoms with Crippen LogP contribution in [0.25, 0.3) is 0 Å². The van der Waals surface area contributed by atoms with Gasteiger partial charge in [-0.2, -0.15) is 5.26 Å². The highest BCUT2D eigenvalue weighted by Crippen LogP contribution is 2.23. The molecule has 0 saturated carbocycles. The quantitative estimate of drug-likeness (QED) is 0.384. The third-order valence-corrected chi connectivity index (χ3v) is 3.05. The number of benzene rings is 1. The van der Waals surface area contributed by atoms with Crippen molar-refractivity contribution in [2.75, 3.05) is 12.8 Å². The van der Waals surface area contributed by atoms with Crippen molar-refractivity contribution in [2.45, 2.75) is 13.8 Å². The zero-order valence-corrected chi connectivity index (χ0v) is 12.0. The Morgan fingerprint density at radius 2 is 2.26 bits per heavy atom. The number of hydrogen-bond acceptors (Lipinski definition) is 4. The third-order valence-electron chi connectivity index (χ3n) is 2.47. The molecule has 0 aliphatic rings. The van der Waals surface area contributed by atoms with Crippen molar-refractivity contribution in [3.8, 4) is 6.19 Å².